The van der Waals surface area contributed by atoms with Crippen LogP contribution in [0.3, 0.4) is 0 Å². The van der Waals surface area contributed by atoms with Gasteiger partial charge in [0.25, 0.3) is 5.91 Å². The van der Waals surface area contributed by atoms with Gasteiger partial charge in [0, 0.05) is 13.0 Å². The van der Waals surface area contributed by atoms with Crippen molar-refractivity contribution in [2.75, 3.05) is 6.54 Å². The molecule has 1 amide bonds. The van der Waals surface area contributed by atoms with Crippen molar-refractivity contribution in [2.24, 2.45) is 0 Å². The maximum Gasteiger partial charge on any atom is 0.258 e. The molecule has 0 spiro atoms. The topological polar surface area (TPSA) is 72.4 Å². The fourth-order valence-electron chi connectivity index (χ4n) is 2.98. The van der Waals surface area contributed by atoms with Gasteiger partial charge in [0.2, 0.25) is 5.89 Å². The highest BCUT2D eigenvalue weighted by molar-refractivity contribution is 5.95. The van der Waals surface area contributed by atoms with Gasteiger partial charge >= 0.3 is 0 Å². The van der Waals surface area contributed by atoms with Crippen LogP contribution < -0.4 is 0 Å². The Kier molecular flexibility index (Phi) is 4.00. The third-order valence-corrected chi connectivity index (χ3v) is 4.12. The second kappa shape index (κ2) is 5.94. The molecule has 0 radical (unpaired) electrons. The van der Waals surface area contributed by atoms with Gasteiger partial charge in [-0.2, -0.15) is 4.98 Å². The van der Waals surface area contributed by atoms with Crippen molar-refractivity contribution in [3.63, 3.8) is 0 Å². The number of carbonyl (C=O) groups is 1. The van der Waals surface area contributed by atoms with Crippen LogP contribution in [0.4, 0.5) is 0 Å². The fraction of sp³-hybridized carbons (Fsp3) is 0.562. The Bertz CT molecular complexity index is 674. The second-order valence-electron chi connectivity index (χ2n) is 5.74. The number of carbonyl (C=O) groups excluding carboxylic acids is 1. The molecule has 6 nitrogen and oxygen atoms in total. The van der Waals surface area contributed by atoms with E-state index in [-0.39, 0.29) is 11.9 Å². The normalized spacial score (nSPS) is 18.7. The third kappa shape index (κ3) is 2.65. The molecule has 3 heterocycles. The van der Waals surface area contributed by atoms with E-state index >= 15 is 0 Å². The summed E-state index contributed by atoms with van der Waals surface area (Å²) in [5.41, 5.74) is 0.625. The number of furan rings is 1. The molecular formula is C16H21N3O3. The zero-order valence-corrected chi connectivity index (χ0v) is 13.3. The smallest absolute Gasteiger partial charge is 0.258 e. The van der Waals surface area contributed by atoms with Gasteiger partial charge in [-0.1, -0.05) is 12.1 Å². The molecule has 0 unspecified atom stereocenters. The Morgan fingerprint density at radius 1 is 1.41 bits per heavy atom. The number of aromatic nitrogens is 2. The highest BCUT2D eigenvalue weighted by Crippen LogP contribution is 2.32. The molecule has 6 heteroatoms. The summed E-state index contributed by atoms with van der Waals surface area (Å²) < 4.78 is 10.9. The molecule has 0 aliphatic carbocycles. The molecule has 2 aromatic heterocycles. The van der Waals surface area contributed by atoms with Crippen LogP contribution in [0.5, 0.6) is 0 Å². The van der Waals surface area contributed by atoms with Gasteiger partial charge in [-0.15, -0.1) is 0 Å². The van der Waals surface area contributed by atoms with Gasteiger partial charge in [-0.05, 0) is 39.2 Å². The average Bonchev–Trinajstić information content (AvgIpc) is 3.13. The third-order valence-electron chi connectivity index (χ3n) is 4.12. The van der Waals surface area contributed by atoms with Crippen LogP contribution in [-0.4, -0.2) is 27.5 Å². The number of hydrogen-bond donors (Lipinski definition) is 0. The van der Waals surface area contributed by atoms with Gasteiger partial charge in [-0.25, -0.2) is 0 Å². The Morgan fingerprint density at radius 3 is 2.86 bits per heavy atom. The monoisotopic (exact) mass is 303 g/mol. The van der Waals surface area contributed by atoms with E-state index in [1.54, 1.807) is 6.07 Å². The van der Waals surface area contributed by atoms with E-state index in [1.807, 2.05) is 25.7 Å². The van der Waals surface area contributed by atoms with E-state index in [2.05, 4.69) is 10.1 Å². The summed E-state index contributed by atoms with van der Waals surface area (Å²) in [7, 11) is 0. The second-order valence-corrected chi connectivity index (χ2v) is 5.74. The van der Waals surface area contributed by atoms with E-state index in [0.29, 0.717) is 29.6 Å². The first kappa shape index (κ1) is 14.8. The Hall–Kier alpha value is -2.11. The number of amides is 1. The molecule has 1 aliphatic heterocycles. The van der Waals surface area contributed by atoms with E-state index in [9.17, 15) is 4.79 Å². The molecule has 2 aromatic rings. The summed E-state index contributed by atoms with van der Waals surface area (Å²) in [5, 5.41) is 3.96. The van der Waals surface area contributed by atoms with Gasteiger partial charge in [0.1, 0.15) is 17.6 Å². The summed E-state index contributed by atoms with van der Waals surface area (Å²) in [6.07, 6.45) is 3.63. The highest BCUT2D eigenvalue weighted by Gasteiger charge is 2.33. The molecule has 0 saturated carbocycles. The number of piperidine rings is 1. The quantitative estimate of drug-likeness (QED) is 0.870. The molecule has 22 heavy (non-hydrogen) atoms. The highest BCUT2D eigenvalue weighted by atomic mass is 16.5. The molecular weight excluding hydrogens is 282 g/mol. The minimum Gasteiger partial charge on any atom is -0.466 e. The van der Waals surface area contributed by atoms with Crippen LogP contribution in [0.2, 0.25) is 0 Å². The van der Waals surface area contributed by atoms with E-state index in [0.717, 1.165) is 31.4 Å². The lowest BCUT2D eigenvalue weighted by Gasteiger charge is -2.33. The zero-order chi connectivity index (χ0) is 15.7. The van der Waals surface area contributed by atoms with Crippen LogP contribution in [0.25, 0.3) is 0 Å². The average molecular weight is 303 g/mol. The first-order valence-electron chi connectivity index (χ1n) is 7.80. The van der Waals surface area contributed by atoms with E-state index in [4.69, 9.17) is 8.94 Å². The molecule has 1 fully saturated rings. The Balaban J connectivity index is 1.89. The number of rotatable bonds is 3. The van der Waals surface area contributed by atoms with E-state index in [1.165, 1.54) is 0 Å². The predicted molar refractivity (Wildman–Crippen MR) is 79.5 cm³/mol. The first-order valence-corrected chi connectivity index (χ1v) is 7.80. The van der Waals surface area contributed by atoms with Crippen LogP contribution in [-0.2, 0) is 6.42 Å². The van der Waals surface area contributed by atoms with Crippen molar-refractivity contribution >= 4 is 5.91 Å². The summed E-state index contributed by atoms with van der Waals surface area (Å²) in [4.78, 5) is 19.1. The lowest BCUT2D eigenvalue weighted by Crippen LogP contribution is -2.38. The Morgan fingerprint density at radius 2 is 2.23 bits per heavy atom. The molecule has 1 aliphatic rings. The number of nitrogens with zero attached hydrogens (tertiary/aromatic N) is 3. The van der Waals surface area contributed by atoms with Crippen molar-refractivity contribution in [1.82, 2.24) is 15.0 Å². The zero-order valence-electron chi connectivity index (χ0n) is 13.3. The fourth-order valence-corrected chi connectivity index (χ4v) is 2.98. The van der Waals surface area contributed by atoms with Gasteiger partial charge < -0.3 is 13.8 Å². The minimum absolute atomic E-state index is 0.0182. The first-order chi connectivity index (χ1) is 10.6. The summed E-state index contributed by atoms with van der Waals surface area (Å²) >= 11 is 0. The van der Waals surface area contributed by atoms with Gasteiger partial charge in [-0.3, -0.25) is 4.79 Å². The van der Waals surface area contributed by atoms with Crippen molar-refractivity contribution in [3.05, 3.63) is 34.9 Å². The van der Waals surface area contributed by atoms with Crippen molar-refractivity contribution in [1.29, 1.82) is 0 Å². The number of aryl methyl sites for hydroxylation is 3. The van der Waals surface area contributed by atoms with E-state index < -0.39 is 0 Å². The van der Waals surface area contributed by atoms with Crippen molar-refractivity contribution in [3.8, 4) is 0 Å². The lowest BCUT2D eigenvalue weighted by atomic mass is 10.0. The molecule has 0 aromatic carbocycles. The van der Waals surface area contributed by atoms with Gasteiger partial charge in [0.15, 0.2) is 5.82 Å². The Labute approximate surface area is 129 Å². The maximum atomic E-state index is 12.9. The largest absolute Gasteiger partial charge is 0.466 e. The molecule has 0 N–H and O–H groups in total. The molecule has 1 saturated heterocycles. The standard InChI is InChI=1S/C16H21N3O3/c1-4-14-17-15(22-18-14)13-7-5-6-8-19(13)16(20)12-9-10(2)21-11(12)3/h9,13H,4-8H2,1-3H3/t13-/m1/s1. The van der Waals surface area contributed by atoms with Crippen molar-refractivity contribution < 1.29 is 13.7 Å². The number of likely N-dealkylation sites (tertiary alicyclic amines) is 1. The van der Waals surface area contributed by atoms with Crippen molar-refractivity contribution in [2.45, 2.75) is 52.5 Å². The number of hydrogen-bond acceptors (Lipinski definition) is 5. The van der Waals surface area contributed by atoms with Gasteiger partial charge in [0.05, 0.1) is 5.56 Å². The lowest BCUT2D eigenvalue weighted by molar-refractivity contribution is 0.0559. The minimum atomic E-state index is -0.136. The molecule has 3 rings (SSSR count). The van der Waals surface area contributed by atoms with Crippen LogP contribution in [0.15, 0.2) is 15.0 Å². The van der Waals surface area contributed by atoms with Crippen LogP contribution >= 0.6 is 0 Å². The molecule has 0 bridgehead atoms. The SMILES string of the molecule is CCc1noc([C@H]2CCCCN2C(=O)c2cc(C)oc2C)n1. The molecule has 118 valence electrons. The summed E-state index contributed by atoms with van der Waals surface area (Å²) in [6.45, 7) is 6.36. The summed E-state index contributed by atoms with van der Waals surface area (Å²) in [6, 6.07) is 1.66. The van der Waals surface area contributed by atoms with Crippen LogP contribution in [0.1, 0.15) is 65.8 Å². The van der Waals surface area contributed by atoms with Crippen LogP contribution in [0, 0.1) is 13.8 Å². The molecule has 1 atom stereocenters. The predicted octanol–water partition coefficient (Wildman–Crippen LogP) is 3.21. The summed E-state index contributed by atoms with van der Waals surface area (Å²) in [5.74, 6) is 2.62. The maximum absolute atomic E-state index is 12.9.